The zero-order valence-corrected chi connectivity index (χ0v) is 15.1. The Hall–Kier alpha value is -2.95. The summed E-state index contributed by atoms with van der Waals surface area (Å²) >= 11 is 0. The molecule has 0 N–H and O–H groups in total. The monoisotopic (exact) mass is 346 g/mol. The van der Waals surface area contributed by atoms with Crippen LogP contribution in [0.1, 0.15) is 27.9 Å². The first-order valence-electron chi connectivity index (χ1n) is 8.91. The van der Waals surface area contributed by atoms with Gasteiger partial charge in [0.15, 0.2) is 0 Å². The Morgan fingerprint density at radius 1 is 1.19 bits per heavy atom. The van der Waals surface area contributed by atoms with E-state index in [0.717, 1.165) is 24.8 Å². The van der Waals surface area contributed by atoms with Crippen LogP contribution in [0.3, 0.4) is 0 Å². The summed E-state index contributed by atoms with van der Waals surface area (Å²) in [7, 11) is 3.76. The molecular formula is C21H22N4O. The van der Waals surface area contributed by atoms with Crippen molar-refractivity contribution in [1.82, 2.24) is 19.7 Å². The molecule has 1 aromatic carbocycles. The summed E-state index contributed by atoms with van der Waals surface area (Å²) in [6.07, 6.45) is 8.26. The summed E-state index contributed by atoms with van der Waals surface area (Å²) in [5, 5.41) is 4.20. The molecule has 4 rings (SSSR count). The van der Waals surface area contributed by atoms with Crippen molar-refractivity contribution in [3.8, 4) is 11.3 Å². The van der Waals surface area contributed by atoms with E-state index >= 15 is 0 Å². The van der Waals surface area contributed by atoms with E-state index in [4.69, 9.17) is 0 Å². The lowest BCUT2D eigenvalue weighted by atomic mass is 9.87. The summed E-state index contributed by atoms with van der Waals surface area (Å²) in [5.41, 5.74) is 4.93. The summed E-state index contributed by atoms with van der Waals surface area (Å²) in [6, 6.07) is 12.4. The minimum Gasteiger partial charge on any atom is -0.338 e. The Morgan fingerprint density at radius 2 is 2.00 bits per heavy atom. The fourth-order valence-electron chi connectivity index (χ4n) is 3.72. The van der Waals surface area contributed by atoms with Crippen molar-refractivity contribution in [3.05, 3.63) is 71.7 Å². The van der Waals surface area contributed by atoms with E-state index in [1.807, 2.05) is 37.3 Å². The predicted molar refractivity (Wildman–Crippen MR) is 101 cm³/mol. The van der Waals surface area contributed by atoms with Crippen LogP contribution in [0.4, 0.5) is 0 Å². The first-order chi connectivity index (χ1) is 12.6. The molecule has 1 amide bonds. The van der Waals surface area contributed by atoms with Crippen molar-refractivity contribution in [2.75, 3.05) is 7.05 Å². The Kier molecular flexibility index (Phi) is 4.29. The summed E-state index contributed by atoms with van der Waals surface area (Å²) in [5.74, 6) is 0.0151. The lowest BCUT2D eigenvalue weighted by molar-refractivity contribution is 0.0719. The van der Waals surface area contributed by atoms with Crippen LogP contribution in [0.2, 0.25) is 0 Å². The number of rotatable bonds is 3. The van der Waals surface area contributed by atoms with E-state index in [9.17, 15) is 4.79 Å². The third kappa shape index (κ3) is 3.01. The molecule has 0 spiro atoms. The number of benzene rings is 1. The zero-order valence-electron chi connectivity index (χ0n) is 15.1. The van der Waals surface area contributed by atoms with Crippen molar-refractivity contribution in [3.63, 3.8) is 0 Å². The van der Waals surface area contributed by atoms with E-state index in [0.29, 0.717) is 11.3 Å². The number of aromatic nitrogens is 3. The maximum absolute atomic E-state index is 13.2. The van der Waals surface area contributed by atoms with Crippen LogP contribution in [-0.2, 0) is 19.9 Å². The zero-order chi connectivity index (χ0) is 18.1. The number of pyridine rings is 1. The van der Waals surface area contributed by atoms with Gasteiger partial charge in [0.2, 0.25) is 0 Å². The molecule has 3 aromatic rings. The molecule has 0 radical (unpaired) electrons. The third-order valence-corrected chi connectivity index (χ3v) is 5.21. The molecule has 132 valence electrons. The highest BCUT2D eigenvalue weighted by molar-refractivity contribution is 5.99. The van der Waals surface area contributed by atoms with E-state index in [-0.39, 0.29) is 11.9 Å². The second-order valence-electron chi connectivity index (χ2n) is 6.88. The highest BCUT2D eigenvalue weighted by Gasteiger charge is 2.27. The van der Waals surface area contributed by atoms with E-state index < -0.39 is 0 Å². The quantitative estimate of drug-likeness (QED) is 0.732. The molecule has 1 aliphatic rings. The molecule has 5 nitrogen and oxygen atoms in total. The normalized spacial score (nSPS) is 16.2. The van der Waals surface area contributed by atoms with Gasteiger partial charge in [0, 0.05) is 38.1 Å². The smallest absolute Gasteiger partial charge is 0.256 e. The molecule has 0 fully saturated rings. The van der Waals surface area contributed by atoms with Gasteiger partial charge < -0.3 is 4.90 Å². The van der Waals surface area contributed by atoms with E-state index in [1.54, 1.807) is 17.1 Å². The average Bonchev–Trinajstić information content (AvgIpc) is 3.12. The minimum atomic E-state index is 0.0151. The molecule has 1 atom stereocenters. The number of likely N-dealkylation sites (N-methyl/N-ethyl adjacent to an activating group) is 1. The van der Waals surface area contributed by atoms with Gasteiger partial charge in [-0.15, -0.1) is 0 Å². The van der Waals surface area contributed by atoms with Gasteiger partial charge in [0.1, 0.15) is 0 Å². The largest absolute Gasteiger partial charge is 0.338 e. The average molecular weight is 346 g/mol. The summed E-state index contributed by atoms with van der Waals surface area (Å²) in [4.78, 5) is 19.5. The molecule has 0 saturated heterocycles. The highest BCUT2D eigenvalue weighted by Crippen LogP contribution is 2.27. The topological polar surface area (TPSA) is 51.0 Å². The van der Waals surface area contributed by atoms with Gasteiger partial charge in [-0.1, -0.05) is 24.3 Å². The molecule has 1 unspecified atom stereocenters. The van der Waals surface area contributed by atoms with Crippen molar-refractivity contribution in [1.29, 1.82) is 0 Å². The van der Waals surface area contributed by atoms with Crippen molar-refractivity contribution in [2.45, 2.75) is 25.3 Å². The van der Waals surface area contributed by atoms with Gasteiger partial charge in [-0.25, -0.2) is 0 Å². The van der Waals surface area contributed by atoms with Gasteiger partial charge in [0.25, 0.3) is 5.91 Å². The summed E-state index contributed by atoms with van der Waals surface area (Å²) in [6.45, 7) is 0. The molecule has 5 heteroatoms. The minimum absolute atomic E-state index is 0.0151. The van der Waals surface area contributed by atoms with Crippen molar-refractivity contribution in [2.24, 2.45) is 7.05 Å². The first kappa shape index (κ1) is 16.5. The van der Waals surface area contributed by atoms with Crippen LogP contribution in [-0.4, -0.2) is 38.7 Å². The SMILES string of the molecule is CN(C(=O)c1cccnc1-c1cnn(C)c1)C1CCc2ccccc2C1. The number of fused-ring (bicyclic) bond motifs is 1. The summed E-state index contributed by atoms with van der Waals surface area (Å²) < 4.78 is 1.72. The van der Waals surface area contributed by atoms with E-state index in [2.05, 4.69) is 34.3 Å². The Bertz CT molecular complexity index is 946. The van der Waals surface area contributed by atoms with Crippen LogP contribution in [0.15, 0.2) is 55.0 Å². The maximum atomic E-state index is 13.2. The van der Waals surface area contributed by atoms with Crippen LogP contribution in [0, 0.1) is 0 Å². The number of hydrogen-bond acceptors (Lipinski definition) is 3. The second kappa shape index (κ2) is 6.75. The number of hydrogen-bond donors (Lipinski definition) is 0. The molecule has 0 bridgehead atoms. The van der Waals surface area contributed by atoms with Crippen LogP contribution >= 0.6 is 0 Å². The van der Waals surface area contributed by atoms with Crippen LogP contribution in [0.5, 0.6) is 0 Å². The standard InChI is InChI=1S/C21H22N4O/c1-24-14-17(13-23-24)20-19(8-5-11-22-20)21(26)25(2)18-10-9-15-6-3-4-7-16(15)12-18/h3-8,11,13-14,18H,9-10,12H2,1-2H3. The van der Waals surface area contributed by atoms with Crippen molar-refractivity contribution >= 4 is 5.91 Å². The Balaban J connectivity index is 1.61. The van der Waals surface area contributed by atoms with Crippen LogP contribution in [0.25, 0.3) is 11.3 Å². The predicted octanol–water partition coefficient (Wildman–Crippen LogP) is 3.11. The van der Waals surface area contributed by atoms with E-state index in [1.165, 1.54) is 11.1 Å². The molecule has 2 heterocycles. The van der Waals surface area contributed by atoms with Gasteiger partial charge in [0.05, 0.1) is 17.5 Å². The number of amides is 1. The fourth-order valence-corrected chi connectivity index (χ4v) is 3.72. The van der Waals surface area contributed by atoms with Gasteiger partial charge >= 0.3 is 0 Å². The van der Waals surface area contributed by atoms with Gasteiger partial charge in [-0.3, -0.25) is 14.5 Å². The molecular weight excluding hydrogens is 324 g/mol. The first-order valence-corrected chi connectivity index (χ1v) is 8.91. The lowest BCUT2D eigenvalue weighted by Gasteiger charge is -2.32. The lowest BCUT2D eigenvalue weighted by Crippen LogP contribution is -2.40. The Labute approximate surface area is 153 Å². The fraction of sp³-hybridized carbons (Fsp3) is 0.286. The van der Waals surface area contributed by atoms with Crippen molar-refractivity contribution < 1.29 is 4.79 Å². The second-order valence-corrected chi connectivity index (χ2v) is 6.88. The number of carbonyl (C=O) groups is 1. The molecule has 26 heavy (non-hydrogen) atoms. The molecule has 0 aliphatic heterocycles. The highest BCUT2D eigenvalue weighted by atomic mass is 16.2. The van der Waals surface area contributed by atoms with Gasteiger partial charge in [-0.05, 0) is 42.5 Å². The molecule has 2 aromatic heterocycles. The molecule has 1 aliphatic carbocycles. The Morgan fingerprint density at radius 3 is 2.77 bits per heavy atom. The van der Waals surface area contributed by atoms with Gasteiger partial charge in [-0.2, -0.15) is 5.10 Å². The number of nitrogens with zero attached hydrogens (tertiary/aromatic N) is 4. The maximum Gasteiger partial charge on any atom is 0.256 e. The van der Waals surface area contributed by atoms with Crippen LogP contribution < -0.4 is 0 Å². The number of aryl methyl sites for hydroxylation is 2. The molecule has 0 saturated carbocycles. The number of carbonyl (C=O) groups excluding carboxylic acids is 1. The third-order valence-electron chi connectivity index (χ3n) is 5.21.